The van der Waals surface area contributed by atoms with Crippen LogP contribution in [0.1, 0.15) is 45.6 Å². The number of ether oxygens (including phenoxy) is 2. The Hall–Kier alpha value is -3.55. The fourth-order valence-corrected chi connectivity index (χ4v) is 4.20. The zero-order chi connectivity index (χ0) is 25.5. The van der Waals surface area contributed by atoms with Gasteiger partial charge in [-0.2, -0.15) is 0 Å². The van der Waals surface area contributed by atoms with Crippen LogP contribution in [0.3, 0.4) is 0 Å². The van der Waals surface area contributed by atoms with Crippen molar-refractivity contribution in [2.24, 2.45) is 11.7 Å². The highest BCUT2D eigenvalue weighted by Crippen LogP contribution is 2.25. The van der Waals surface area contributed by atoms with Crippen LogP contribution in [0.4, 0.5) is 5.69 Å². The van der Waals surface area contributed by atoms with E-state index in [2.05, 4.69) is 18.7 Å². The first-order valence-electron chi connectivity index (χ1n) is 12.1. The van der Waals surface area contributed by atoms with Crippen LogP contribution in [0.5, 0.6) is 11.5 Å². The van der Waals surface area contributed by atoms with E-state index in [4.69, 9.17) is 26.0 Å². The van der Waals surface area contributed by atoms with E-state index in [9.17, 15) is 4.79 Å². The van der Waals surface area contributed by atoms with Gasteiger partial charge in [-0.3, -0.25) is 10.8 Å². The van der Waals surface area contributed by atoms with Gasteiger partial charge in [0, 0.05) is 44.2 Å². The highest BCUT2D eigenvalue weighted by Gasteiger charge is 2.27. The lowest BCUT2D eigenvalue weighted by atomic mass is 10.0. The van der Waals surface area contributed by atoms with Crippen molar-refractivity contribution in [1.29, 1.82) is 10.8 Å². The predicted molar refractivity (Wildman–Crippen MR) is 140 cm³/mol. The number of piperidine rings is 1. The number of likely N-dealkylation sites (N-methyl/N-ethyl adjacent to an activating group) is 1. The first kappa shape index (κ1) is 26.1. The minimum Gasteiger partial charge on any atom is -0.490 e. The third-order valence-electron chi connectivity index (χ3n) is 6.26. The summed E-state index contributed by atoms with van der Waals surface area (Å²) >= 11 is 0. The van der Waals surface area contributed by atoms with Crippen LogP contribution >= 0.6 is 0 Å². The average Bonchev–Trinajstić information content (AvgIpc) is 2.83. The molecule has 0 amide bonds. The molecule has 2 aromatic carbocycles. The van der Waals surface area contributed by atoms with Crippen molar-refractivity contribution < 1.29 is 14.3 Å². The molecule has 0 saturated carbocycles. The minimum atomic E-state index is -0.490. The molecular formula is C27H37N5O3. The molecule has 8 nitrogen and oxygen atoms in total. The van der Waals surface area contributed by atoms with Crippen molar-refractivity contribution in [2.45, 2.75) is 52.2 Å². The maximum absolute atomic E-state index is 13.2. The van der Waals surface area contributed by atoms with Gasteiger partial charge < -0.3 is 25.0 Å². The summed E-state index contributed by atoms with van der Waals surface area (Å²) in [6, 6.07) is 14.0. The number of nitrogens with two attached hydrogens (primary N) is 1. The highest BCUT2D eigenvalue weighted by molar-refractivity contribution is 5.96. The second-order valence-corrected chi connectivity index (χ2v) is 9.50. The van der Waals surface area contributed by atoms with Gasteiger partial charge >= 0.3 is 5.97 Å². The summed E-state index contributed by atoms with van der Waals surface area (Å²) in [4.78, 5) is 17.1. The molecule has 1 atom stereocenters. The SMILES string of the molecule is CC(=N)N1CCC(Oc2ccc(OC(=O)[C@H](CC(C)C)N(C)c3cccc(C(=N)N)c3)cc2)CC1. The summed E-state index contributed by atoms with van der Waals surface area (Å²) in [6.45, 7) is 7.61. The van der Waals surface area contributed by atoms with Gasteiger partial charge in [0.25, 0.3) is 0 Å². The molecule has 0 radical (unpaired) electrons. The van der Waals surface area contributed by atoms with E-state index in [1.54, 1.807) is 18.2 Å². The zero-order valence-electron chi connectivity index (χ0n) is 21.1. The summed E-state index contributed by atoms with van der Waals surface area (Å²) < 4.78 is 11.8. The smallest absolute Gasteiger partial charge is 0.334 e. The molecule has 3 rings (SSSR count). The Kier molecular flexibility index (Phi) is 8.73. The van der Waals surface area contributed by atoms with Crippen molar-refractivity contribution >= 4 is 23.3 Å². The van der Waals surface area contributed by atoms with E-state index in [0.717, 1.165) is 37.4 Å². The second kappa shape index (κ2) is 11.7. The molecule has 188 valence electrons. The number of nitrogen functional groups attached to an aromatic ring is 1. The van der Waals surface area contributed by atoms with Crippen LogP contribution < -0.4 is 20.1 Å². The number of carbonyl (C=O) groups is 1. The number of rotatable bonds is 9. The van der Waals surface area contributed by atoms with Crippen molar-refractivity contribution in [2.75, 3.05) is 25.0 Å². The van der Waals surface area contributed by atoms with E-state index < -0.39 is 6.04 Å². The average molecular weight is 480 g/mol. The summed E-state index contributed by atoms with van der Waals surface area (Å²) in [5.74, 6) is 1.74. The normalized spacial score (nSPS) is 14.9. The summed E-state index contributed by atoms with van der Waals surface area (Å²) in [6.07, 6.45) is 2.49. The molecule has 0 aromatic heterocycles. The van der Waals surface area contributed by atoms with Gasteiger partial charge in [-0.15, -0.1) is 0 Å². The molecular weight excluding hydrogens is 442 g/mol. The van der Waals surface area contributed by atoms with Crippen LogP contribution in [0.25, 0.3) is 0 Å². The molecule has 0 spiro atoms. The number of nitrogens with zero attached hydrogens (tertiary/aromatic N) is 2. The van der Waals surface area contributed by atoms with E-state index >= 15 is 0 Å². The number of esters is 1. The summed E-state index contributed by atoms with van der Waals surface area (Å²) in [7, 11) is 1.86. The maximum atomic E-state index is 13.2. The second-order valence-electron chi connectivity index (χ2n) is 9.50. The number of hydrogen-bond donors (Lipinski definition) is 3. The fraction of sp³-hybridized carbons (Fsp3) is 0.444. The molecule has 0 unspecified atom stereocenters. The van der Waals surface area contributed by atoms with Crippen LogP contribution in [0.2, 0.25) is 0 Å². The lowest BCUT2D eigenvalue weighted by Crippen LogP contribution is -2.42. The zero-order valence-corrected chi connectivity index (χ0v) is 21.1. The molecule has 4 N–H and O–H groups in total. The van der Waals surface area contributed by atoms with Gasteiger partial charge in [0.05, 0.1) is 5.84 Å². The molecule has 0 bridgehead atoms. The summed E-state index contributed by atoms with van der Waals surface area (Å²) in [5.41, 5.74) is 7.05. The Labute approximate surface area is 208 Å². The van der Waals surface area contributed by atoms with E-state index in [1.807, 2.05) is 49.2 Å². The Morgan fingerprint density at radius 1 is 1.11 bits per heavy atom. The molecule has 1 saturated heterocycles. The lowest BCUT2D eigenvalue weighted by molar-refractivity contribution is -0.136. The molecule has 2 aromatic rings. The Morgan fingerprint density at radius 2 is 1.74 bits per heavy atom. The number of benzene rings is 2. The van der Waals surface area contributed by atoms with Gasteiger partial charge in [-0.25, -0.2) is 4.79 Å². The molecule has 8 heteroatoms. The number of amidine groups is 2. The Balaban J connectivity index is 1.64. The van der Waals surface area contributed by atoms with Gasteiger partial charge in [0.2, 0.25) is 0 Å². The number of hydrogen-bond acceptors (Lipinski definition) is 6. The van der Waals surface area contributed by atoms with Crippen LogP contribution in [-0.2, 0) is 4.79 Å². The lowest BCUT2D eigenvalue weighted by Gasteiger charge is -2.32. The van der Waals surface area contributed by atoms with Gasteiger partial charge in [-0.05, 0) is 55.7 Å². The number of anilines is 1. The van der Waals surface area contributed by atoms with Crippen molar-refractivity contribution in [3.05, 3.63) is 54.1 Å². The monoisotopic (exact) mass is 479 g/mol. The summed E-state index contributed by atoms with van der Waals surface area (Å²) in [5, 5.41) is 15.4. The van der Waals surface area contributed by atoms with Crippen LogP contribution in [0.15, 0.2) is 48.5 Å². The Bertz CT molecular complexity index is 1030. The van der Waals surface area contributed by atoms with Gasteiger partial charge in [-0.1, -0.05) is 26.0 Å². The van der Waals surface area contributed by atoms with Crippen molar-refractivity contribution in [3.63, 3.8) is 0 Å². The molecule has 1 fully saturated rings. The van der Waals surface area contributed by atoms with E-state index in [0.29, 0.717) is 23.6 Å². The largest absolute Gasteiger partial charge is 0.490 e. The van der Waals surface area contributed by atoms with E-state index in [-0.39, 0.29) is 23.8 Å². The topological polar surface area (TPSA) is 116 Å². The number of likely N-dealkylation sites (tertiary alicyclic amines) is 1. The van der Waals surface area contributed by atoms with Crippen molar-refractivity contribution in [1.82, 2.24) is 4.90 Å². The fourth-order valence-electron chi connectivity index (χ4n) is 4.20. The highest BCUT2D eigenvalue weighted by atomic mass is 16.5. The Morgan fingerprint density at radius 3 is 2.31 bits per heavy atom. The molecule has 0 aliphatic carbocycles. The van der Waals surface area contributed by atoms with Gasteiger partial charge in [0.1, 0.15) is 29.5 Å². The quantitative estimate of drug-likeness (QED) is 0.214. The predicted octanol–water partition coefficient (Wildman–Crippen LogP) is 4.27. The molecule has 1 aliphatic heterocycles. The van der Waals surface area contributed by atoms with Crippen LogP contribution in [0, 0.1) is 16.7 Å². The standard InChI is InChI=1S/C27H37N5O3/c1-18(2)16-25(31(4)21-7-5-6-20(17-21)26(29)30)27(33)35-23-10-8-22(9-11-23)34-24-12-14-32(15-13-24)19(3)28/h5-11,17-18,24-25,28H,12-16H2,1-4H3,(H3,29,30)/t25-/m0/s1. The van der Waals surface area contributed by atoms with Crippen molar-refractivity contribution in [3.8, 4) is 11.5 Å². The minimum absolute atomic E-state index is 0.0130. The number of carbonyl (C=O) groups excluding carboxylic acids is 1. The maximum Gasteiger partial charge on any atom is 0.334 e. The molecule has 1 heterocycles. The van der Waals surface area contributed by atoms with E-state index in [1.165, 1.54) is 0 Å². The first-order valence-corrected chi connectivity index (χ1v) is 12.1. The van der Waals surface area contributed by atoms with Crippen LogP contribution in [-0.4, -0.2) is 54.8 Å². The van der Waals surface area contributed by atoms with Gasteiger partial charge in [0.15, 0.2) is 0 Å². The third-order valence-corrected chi connectivity index (χ3v) is 6.26. The first-order chi connectivity index (χ1) is 16.6. The number of nitrogens with one attached hydrogen (secondary N) is 2. The third kappa shape index (κ3) is 7.21. The molecule has 35 heavy (non-hydrogen) atoms. The molecule has 1 aliphatic rings.